The molecular formula is C23H20FN3O2S. The first-order chi connectivity index (χ1) is 14.6. The highest BCUT2D eigenvalue weighted by atomic mass is 32.2. The molecule has 2 amide bonds. The van der Waals surface area contributed by atoms with Crippen molar-refractivity contribution in [1.29, 1.82) is 0 Å². The molecule has 5 nitrogen and oxygen atoms in total. The van der Waals surface area contributed by atoms with E-state index in [-0.39, 0.29) is 24.1 Å². The number of hydrogen-bond donors (Lipinski definition) is 1. The van der Waals surface area contributed by atoms with E-state index in [1.54, 1.807) is 41.4 Å². The van der Waals surface area contributed by atoms with Gasteiger partial charge in [0.1, 0.15) is 10.8 Å². The fourth-order valence-electron chi connectivity index (χ4n) is 3.36. The number of amides is 2. The van der Waals surface area contributed by atoms with Crippen LogP contribution < -0.4 is 10.2 Å². The maximum atomic E-state index is 13.7. The van der Waals surface area contributed by atoms with Crippen molar-refractivity contribution >= 4 is 29.3 Å². The Bertz CT molecular complexity index is 1120. The van der Waals surface area contributed by atoms with Gasteiger partial charge in [0, 0.05) is 24.2 Å². The molecule has 2 aromatic carbocycles. The molecule has 1 aromatic heterocycles. The van der Waals surface area contributed by atoms with Gasteiger partial charge >= 0.3 is 0 Å². The van der Waals surface area contributed by atoms with Gasteiger partial charge in [0.25, 0.3) is 5.91 Å². The van der Waals surface area contributed by atoms with Gasteiger partial charge in [0.15, 0.2) is 0 Å². The lowest BCUT2D eigenvalue weighted by atomic mass is 10.1. The maximum Gasteiger partial charge on any atom is 0.261 e. The summed E-state index contributed by atoms with van der Waals surface area (Å²) in [5, 5.41) is 3.51. The van der Waals surface area contributed by atoms with Gasteiger partial charge in [-0.1, -0.05) is 36.0 Å². The SMILES string of the molecule is CCN1C(=O)c2cccnc2Sc2cc(CNC(=O)Cc3ccccc3F)ccc21. The van der Waals surface area contributed by atoms with Crippen LogP contribution in [0.5, 0.6) is 0 Å². The largest absolute Gasteiger partial charge is 0.352 e. The Morgan fingerprint density at radius 2 is 2.00 bits per heavy atom. The predicted molar refractivity (Wildman–Crippen MR) is 114 cm³/mol. The Hall–Kier alpha value is -3.19. The second kappa shape index (κ2) is 8.67. The lowest BCUT2D eigenvalue weighted by Gasteiger charge is -2.21. The number of carbonyl (C=O) groups excluding carboxylic acids is 2. The zero-order valence-corrected chi connectivity index (χ0v) is 17.2. The first kappa shape index (κ1) is 20.1. The summed E-state index contributed by atoms with van der Waals surface area (Å²) in [5.41, 5.74) is 2.67. The highest BCUT2D eigenvalue weighted by Gasteiger charge is 2.27. The number of carbonyl (C=O) groups is 2. The first-order valence-corrected chi connectivity index (χ1v) is 10.5. The van der Waals surface area contributed by atoms with E-state index in [2.05, 4.69) is 10.3 Å². The highest BCUT2D eigenvalue weighted by molar-refractivity contribution is 7.99. The second-order valence-corrected chi connectivity index (χ2v) is 7.89. The average molecular weight is 421 g/mol. The summed E-state index contributed by atoms with van der Waals surface area (Å²) in [6.07, 6.45) is 1.66. The van der Waals surface area contributed by atoms with Crippen LogP contribution in [0.4, 0.5) is 10.1 Å². The number of rotatable bonds is 5. The van der Waals surface area contributed by atoms with Crippen molar-refractivity contribution in [2.24, 2.45) is 0 Å². The molecule has 3 aromatic rings. The Labute approximate surface area is 178 Å². The van der Waals surface area contributed by atoms with Gasteiger partial charge in [0.05, 0.1) is 17.7 Å². The molecular weight excluding hydrogens is 401 g/mol. The summed E-state index contributed by atoms with van der Waals surface area (Å²) < 4.78 is 13.7. The van der Waals surface area contributed by atoms with Crippen LogP contribution in [-0.2, 0) is 17.8 Å². The minimum absolute atomic E-state index is 0.0121. The number of halogens is 1. The third-order valence-electron chi connectivity index (χ3n) is 4.88. The van der Waals surface area contributed by atoms with Crippen molar-refractivity contribution in [3.8, 4) is 0 Å². The molecule has 7 heteroatoms. The number of fused-ring (bicyclic) bond motifs is 2. The molecule has 0 bridgehead atoms. The van der Waals surface area contributed by atoms with Gasteiger partial charge < -0.3 is 10.2 Å². The molecule has 0 spiro atoms. The van der Waals surface area contributed by atoms with Gasteiger partial charge in [-0.05, 0) is 48.4 Å². The Morgan fingerprint density at radius 3 is 2.80 bits per heavy atom. The van der Waals surface area contributed by atoms with E-state index in [1.807, 2.05) is 25.1 Å². The summed E-state index contributed by atoms with van der Waals surface area (Å²) in [5.74, 6) is -0.706. The van der Waals surface area contributed by atoms with Gasteiger partial charge in [-0.25, -0.2) is 9.37 Å². The first-order valence-electron chi connectivity index (χ1n) is 9.64. The quantitative estimate of drug-likeness (QED) is 0.670. The number of nitrogens with zero attached hydrogens (tertiary/aromatic N) is 2. The fourth-order valence-corrected chi connectivity index (χ4v) is 4.44. The molecule has 0 unspecified atom stereocenters. The van der Waals surface area contributed by atoms with Crippen molar-refractivity contribution in [2.75, 3.05) is 11.4 Å². The smallest absolute Gasteiger partial charge is 0.261 e. The number of hydrogen-bond acceptors (Lipinski definition) is 4. The summed E-state index contributed by atoms with van der Waals surface area (Å²) in [7, 11) is 0. The molecule has 30 heavy (non-hydrogen) atoms. The predicted octanol–water partition coefficient (Wildman–Crippen LogP) is 4.21. The monoisotopic (exact) mass is 421 g/mol. The van der Waals surface area contributed by atoms with Crippen molar-refractivity contribution in [3.05, 3.63) is 83.3 Å². The molecule has 0 atom stereocenters. The molecule has 0 saturated carbocycles. The highest BCUT2D eigenvalue weighted by Crippen LogP contribution is 2.40. The van der Waals surface area contributed by atoms with E-state index in [9.17, 15) is 14.0 Å². The van der Waals surface area contributed by atoms with Gasteiger partial charge in [-0.2, -0.15) is 0 Å². The molecule has 1 aliphatic rings. The van der Waals surface area contributed by atoms with E-state index in [0.29, 0.717) is 29.2 Å². The molecule has 4 rings (SSSR count). The number of anilines is 1. The topological polar surface area (TPSA) is 62.3 Å². The van der Waals surface area contributed by atoms with Gasteiger partial charge in [0.2, 0.25) is 5.91 Å². The molecule has 1 aliphatic heterocycles. The molecule has 0 radical (unpaired) electrons. The number of pyridine rings is 1. The Balaban J connectivity index is 1.53. The van der Waals surface area contributed by atoms with Crippen LogP contribution in [0, 0.1) is 5.82 Å². The van der Waals surface area contributed by atoms with E-state index in [1.165, 1.54) is 17.8 Å². The maximum absolute atomic E-state index is 13.7. The van der Waals surface area contributed by atoms with E-state index in [0.717, 1.165) is 16.1 Å². The summed E-state index contributed by atoms with van der Waals surface area (Å²) in [4.78, 5) is 32.2. The number of benzene rings is 2. The van der Waals surface area contributed by atoms with E-state index < -0.39 is 0 Å². The van der Waals surface area contributed by atoms with Gasteiger partial charge in [-0.3, -0.25) is 9.59 Å². The zero-order chi connectivity index (χ0) is 21.1. The number of nitrogens with one attached hydrogen (secondary N) is 1. The number of aromatic nitrogens is 1. The van der Waals surface area contributed by atoms with Crippen LogP contribution in [0.25, 0.3) is 0 Å². The molecule has 152 valence electrons. The van der Waals surface area contributed by atoms with Crippen molar-refractivity contribution < 1.29 is 14.0 Å². The van der Waals surface area contributed by atoms with Crippen LogP contribution in [0.3, 0.4) is 0 Å². The van der Waals surface area contributed by atoms with Gasteiger partial charge in [-0.15, -0.1) is 0 Å². The molecule has 0 aliphatic carbocycles. The standard InChI is InChI=1S/C23H20FN3O2S/c1-2-27-19-10-9-15(14-26-21(28)13-16-6-3-4-8-18(16)24)12-20(19)30-22-17(23(27)29)7-5-11-25-22/h3-12H,2,13-14H2,1H3,(H,26,28). The Kier molecular flexibility index (Phi) is 5.81. The van der Waals surface area contributed by atoms with Crippen molar-refractivity contribution in [3.63, 3.8) is 0 Å². The zero-order valence-electron chi connectivity index (χ0n) is 16.4. The minimum atomic E-state index is -0.385. The molecule has 1 N–H and O–H groups in total. The normalized spacial score (nSPS) is 12.7. The lowest BCUT2D eigenvalue weighted by Crippen LogP contribution is -2.30. The second-order valence-electron chi connectivity index (χ2n) is 6.85. The summed E-state index contributed by atoms with van der Waals surface area (Å²) in [6.45, 7) is 2.79. The third-order valence-corrected chi connectivity index (χ3v) is 5.95. The summed E-state index contributed by atoms with van der Waals surface area (Å²) in [6, 6.07) is 15.6. The van der Waals surface area contributed by atoms with Crippen LogP contribution >= 0.6 is 11.8 Å². The van der Waals surface area contributed by atoms with E-state index in [4.69, 9.17) is 0 Å². The van der Waals surface area contributed by atoms with Crippen LogP contribution in [0.2, 0.25) is 0 Å². The minimum Gasteiger partial charge on any atom is -0.352 e. The van der Waals surface area contributed by atoms with Crippen LogP contribution in [0.15, 0.2) is 70.7 Å². The third kappa shape index (κ3) is 4.07. The molecule has 0 fully saturated rings. The lowest BCUT2D eigenvalue weighted by molar-refractivity contribution is -0.120. The van der Waals surface area contributed by atoms with E-state index >= 15 is 0 Å². The molecule has 2 heterocycles. The van der Waals surface area contributed by atoms with Crippen LogP contribution in [0.1, 0.15) is 28.4 Å². The van der Waals surface area contributed by atoms with Crippen molar-refractivity contribution in [2.45, 2.75) is 29.8 Å². The van der Waals surface area contributed by atoms with Crippen LogP contribution in [-0.4, -0.2) is 23.3 Å². The molecule has 0 saturated heterocycles. The fraction of sp³-hybridized carbons (Fsp3) is 0.174. The summed E-state index contributed by atoms with van der Waals surface area (Å²) >= 11 is 1.44. The van der Waals surface area contributed by atoms with Crippen molar-refractivity contribution in [1.82, 2.24) is 10.3 Å². The Morgan fingerprint density at radius 1 is 1.17 bits per heavy atom. The average Bonchev–Trinajstić information content (AvgIpc) is 2.87.